The number of rotatable bonds is 1. The first kappa shape index (κ1) is 16.5. The Kier molecular flexibility index (Phi) is 4.06. The second kappa shape index (κ2) is 6.40. The zero-order valence-corrected chi connectivity index (χ0v) is 15.6. The van der Waals surface area contributed by atoms with Gasteiger partial charge >= 0.3 is 0 Å². The van der Waals surface area contributed by atoms with Crippen LogP contribution in [0, 0.1) is 18.0 Å². The van der Waals surface area contributed by atoms with Crippen molar-refractivity contribution >= 4 is 17.0 Å². The molecule has 4 heterocycles. The molecule has 4 rings (SSSR count). The Hall–Kier alpha value is -2.97. The predicted octanol–water partition coefficient (Wildman–Crippen LogP) is 4.35. The first-order valence-electron chi connectivity index (χ1n) is 8.30. The van der Waals surface area contributed by atoms with Gasteiger partial charge in [0.25, 0.3) is 0 Å². The predicted molar refractivity (Wildman–Crippen MR) is 104 cm³/mol. The molecule has 0 fully saturated rings. The molecule has 127 valence electrons. The van der Waals surface area contributed by atoms with Crippen LogP contribution in [0.3, 0.4) is 0 Å². The maximum Gasteiger partial charge on any atom is 0.160 e. The third-order valence-electron chi connectivity index (χ3n) is 3.84. The molecule has 0 spiro atoms. The summed E-state index contributed by atoms with van der Waals surface area (Å²) in [7, 11) is 0. The summed E-state index contributed by atoms with van der Waals surface area (Å²) in [6.45, 7) is 6.42. The smallest absolute Gasteiger partial charge is 0.160 e. The van der Waals surface area contributed by atoms with Crippen LogP contribution in [0.15, 0.2) is 49.1 Å². The summed E-state index contributed by atoms with van der Waals surface area (Å²) in [6.07, 6.45) is 10.5. The van der Waals surface area contributed by atoms with Gasteiger partial charge in [-0.3, -0.25) is 14.4 Å². The van der Waals surface area contributed by atoms with Gasteiger partial charge in [-0.1, -0.05) is 32.6 Å². The maximum absolute atomic E-state index is 4.78. The highest BCUT2D eigenvalue weighted by Gasteiger charge is 2.21. The monoisotopic (exact) mass is 357 g/mol. The number of hydrogen-bond donors (Lipinski definition) is 0. The van der Waals surface area contributed by atoms with E-state index in [1.807, 2.05) is 34.9 Å². The normalized spacial score (nSPS) is 11.3. The molecule has 1 radical (unpaired) electrons. The van der Waals surface area contributed by atoms with E-state index in [2.05, 4.69) is 48.8 Å². The molecule has 0 atom stereocenters. The molecule has 0 N–H and O–H groups in total. The van der Waals surface area contributed by atoms with E-state index in [4.69, 9.17) is 4.98 Å². The highest BCUT2D eigenvalue weighted by Crippen LogP contribution is 2.29. The third kappa shape index (κ3) is 3.24. The number of fused-ring (bicyclic) bond motifs is 1. The molecule has 0 aliphatic heterocycles. The summed E-state index contributed by atoms with van der Waals surface area (Å²) >= 11 is 1.61. The van der Waals surface area contributed by atoms with E-state index in [1.165, 1.54) is 0 Å². The van der Waals surface area contributed by atoms with Crippen molar-refractivity contribution in [3.8, 4) is 22.4 Å². The lowest BCUT2D eigenvalue weighted by molar-refractivity contribution is 0.570. The zero-order valence-electron chi connectivity index (χ0n) is 14.8. The SMILES string of the molecule is CC(C)(C)c1nccn2[c]c(-c3ccc(C#Cc4cccnc4)s3)nc12. The third-order valence-corrected chi connectivity index (χ3v) is 4.85. The molecule has 0 aromatic carbocycles. The Bertz CT molecular complexity index is 1120. The topological polar surface area (TPSA) is 43.1 Å². The standard InChI is InChI=1S/C21H17N4S/c1-21(2,3)19-20-24-17(14-25(20)12-11-23-19)18-9-8-16(26-18)7-6-15-5-4-10-22-13-15/h4-5,8-13H,1-3H3. The molecule has 0 saturated carbocycles. The lowest BCUT2D eigenvalue weighted by Gasteiger charge is -2.17. The van der Waals surface area contributed by atoms with Crippen LogP contribution < -0.4 is 0 Å². The van der Waals surface area contributed by atoms with Crippen LogP contribution in [0.1, 0.15) is 36.9 Å². The zero-order chi connectivity index (χ0) is 18.1. The molecular formula is C21H17N4S. The van der Waals surface area contributed by atoms with Gasteiger partial charge in [-0.15, -0.1) is 11.3 Å². The number of imidazole rings is 1. The Morgan fingerprint density at radius 3 is 2.77 bits per heavy atom. The molecule has 0 bridgehead atoms. The van der Waals surface area contributed by atoms with Crippen LogP contribution >= 0.6 is 11.3 Å². The van der Waals surface area contributed by atoms with Crippen LogP contribution in [0.25, 0.3) is 16.2 Å². The van der Waals surface area contributed by atoms with Crippen molar-refractivity contribution in [3.05, 3.63) is 71.4 Å². The van der Waals surface area contributed by atoms with Crippen molar-refractivity contribution in [3.63, 3.8) is 0 Å². The van der Waals surface area contributed by atoms with Gasteiger partial charge in [-0.05, 0) is 24.3 Å². The minimum atomic E-state index is -0.0746. The minimum absolute atomic E-state index is 0.0746. The number of aromatic nitrogens is 4. The fourth-order valence-electron chi connectivity index (χ4n) is 2.60. The molecule has 4 aromatic rings. The van der Waals surface area contributed by atoms with Gasteiger partial charge in [-0.25, -0.2) is 4.98 Å². The highest BCUT2D eigenvalue weighted by atomic mass is 32.1. The summed E-state index contributed by atoms with van der Waals surface area (Å²) in [4.78, 5) is 15.4. The Labute approximate surface area is 156 Å². The van der Waals surface area contributed by atoms with E-state index >= 15 is 0 Å². The van der Waals surface area contributed by atoms with Gasteiger partial charge in [0.05, 0.1) is 15.4 Å². The number of hydrogen-bond acceptors (Lipinski definition) is 4. The Balaban J connectivity index is 1.69. The fraction of sp³-hybridized carbons (Fsp3) is 0.190. The van der Waals surface area contributed by atoms with E-state index in [9.17, 15) is 0 Å². The maximum atomic E-state index is 4.78. The average molecular weight is 357 g/mol. The lowest BCUT2D eigenvalue weighted by atomic mass is 9.92. The molecule has 4 nitrogen and oxygen atoms in total. The van der Waals surface area contributed by atoms with Crippen molar-refractivity contribution in [2.24, 2.45) is 0 Å². The number of pyridine rings is 1. The summed E-state index contributed by atoms with van der Waals surface area (Å²) in [6, 6.07) is 7.90. The molecule has 0 saturated heterocycles. The van der Waals surface area contributed by atoms with Crippen molar-refractivity contribution in [1.82, 2.24) is 19.4 Å². The van der Waals surface area contributed by atoms with Gasteiger partial charge in [0.15, 0.2) is 5.65 Å². The highest BCUT2D eigenvalue weighted by molar-refractivity contribution is 7.16. The van der Waals surface area contributed by atoms with Crippen LogP contribution in [0.5, 0.6) is 0 Å². The van der Waals surface area contributed by atoms with Crippen LogP contribution in [0.4, 0.5) is 0 Å². The number of thiophene rings is 1. The lowest BCUT2D eigenvalue weighted by Crippen LogP contribution is -2.15. The van der Waals surface area contributed by atoms with Gasteiger partial charge in [0.2, 0.25) is 0 Å². The van der Waals surface area contributed by atoms with Gasteiger partial charge in [0, 0.05) is 35.8 Å². The summed E-state index contributed by atoms with van der Waals surface area (Å²) < 4.78 is 1.92. The molecule has 26 heavy (non-hydrogen) atoms. The molecular weight excluding hydrogens is 340 g/mol. The van der Waals surface area contributed by atoms with Crippen molar-refractivity contribution in [2.75, 3.05) is 0 Å². The number of nitrogens with zero attached hydrogens (tertiary/aromatic N) is 4. The first-order chi connectivity index (χ1) is 12.5. The van der Waals surface area contributed by atoms with Crippen LogP contribution in [-0.2, 0) is 5.41 Å². The minimum Gasteiger partial charge on any atom is -0.294 e. The summed E-state index contributed by atoms with van der Waals surface area (Å²) in [5, 5.41) is 0. The molecule has 0 amide bonds. The van der Waals surface area contributed by atoms with Crippen LogP contribution in [0.2, 0.25) is 0 Å². The quantitative estimate of drug-likeness (QED) is 0.476. The summed E-state index contributed by atoms with van der Waals surface area (Å²) in [5.41, 5.74) is 3.47. The largest absolute Gasteiger partial charge is 0.294 e. The van der Waals surface area contributed by atoms with Gasteiger partial charge < -0.3 is 0 Å². The molecule has 4 aromatic heterocycles. The molecule has 0 aliphatic carbocycles. The second-order valence-electron chi connectivity index (χ2n) is 6.95. The molecule has 0 aliphatic rings. The average Bonchev–Trinajstić information content (AvgIpc) is 3.26. The Morgan fingerprint density at radius 2 is 2.00 bits per heavy atom. The summed E-state index contributed by atoms with van der Waals surface area (Å²) in [5.74, 6) is 6.32. The van der Waals surface area contributed by atoms with Crippen LogP contribution in [-0.4, -0.2) is 19.4 Å². The van der Waals surface area contributed by atoms with Crippen molar-refractivity contribution in [1.29, 1.82) is 0 Å². The first-order valence-corrected chi connectivity index (χ1v) is 9.11. The van der Waals surface area contributed by atoms with Crippen molar-refractivity contribution in [2.45, 2.75) is 26.2 Å². The fourth-order valence-corrected chi connectivity index (χ4v) is 3.40. The van der Waals surface area contributed by atoms with Gasteiger partial charge in [-0.2, -0.15) is 0 Å². The van der Waals surface area contributed by atoms with E-state index in [-0.39, 0.29) is 5.41 Å². The van der Waals surface area contributed by atoms with E-state index in [1.54, 1.807) is 29.9 Å². The molecule has 0 unspecified atom stereocenters. The van der Waals surface area contributed by atoms with E-state index in [0.717, 1.165) is 32.4 Å². The van der Waals surface area contributed by atoms with E-state index in [0.29, 0.717) is 0 Å². The molecule has 5 heteroatoms. The van der Waals surface area contributed by atoms with Crippen molar-refractivity contribution < 1.29 is 0 Å². The van der Waals surface area contributed by atoms with E-state index < -0.39 is 0 Å². The second-order valence-corrected chi connectivity index (χ2v) is 8.03. The Morgan fingerprint density at radius 1 is 1.12 bits per heavy atom. The van der Waals surface area contributed by atoms with Gasteiger partial charge in [0.1, 0.15) is 11.9 Å².